The van der Waals surface area contributed by atoms with Crippen LogP contribution in [0.4, 0.5) is 5.13 Å². The quantitative estimate of drug-likeness (QED) is 0.931. The number of aromatic carboxylic acids is 1. The molecule has 2 aromatic rings. The largest absolute Gasteiger partial charge is 0.545 e. The van der Waals surface area contributed by atoms with E-state index in [9.17, 15) is 14.7 Å². The molecule has 5 nitrogen and oxygen atoms in total. The van der Waals surface area contributed by atoms with Gasteiger partial charge in [0.15, 0.2) is 5.13 Å². The minimum Gasteiger partial charge on any atom is -0.545 e. The maximum absolute atomic E-state index is 12.1. The van der Waals surface area contributed by atoms with E-state index in [-0.39, 0.29) is 11.1 Å². The highest BCUT2D eigenvalue weighted by Crippen LogP contribution is 2.25. The number of benzene rings is 1. The van der Waals surface area contributed by atoms with E-state index in [4.69, 9.17) is 0 Å². The molecule has 0 unspecified atom stereocenters. The number of hydrogen-bond donors (Lipinski definition) is 1. The Labute approximate surface area is 120 Å². The number of carbonyl (C=O) groups excluding carboxylic acids is 2. The number of amides is 1. The van der Waals surface area contributed by atoms with Crippen molar-refractivity contribution in [1.82, 2.24) is 4.98 Å². The molecule has 0 saturated heterocycles. The van der Waals surface area contributed by atoms with Gasteiger partial charge in [-0.2, -0.15) is 0 Å². The normalized spacial score (nSPS) is 10.6. The highest BCUT2D eigenvalue weighted by molar-refractivity contribution is 7.15. The molecule has 0 saturated carbocycles. The van der Waals surface area contributed by atoms with Gasteiger partial charge in [0, 0.05) is 22.2 Å². The van der Waals surface area contributed by atoms with Crippen LogP contribution in [0.1, 0.15) is 45.4 Å². The molecular weight excluding hydrogens is 276 g/mol. The lowest BCUT2D eigenvalue weighted by Crippen LogP contribution is -2.26. The third kappa shape index (κ3) is 3.03. The predicted molar refractivity (Wildman–Crippen MR) is 74.9 cm³/mol. The molecule has 6 heteroatoms. The molecule has 1 aromatic carbocycles. The van der Waals surface area contributed by atoms with Crippen LogP contribution in [0.2, 0.25) is 0 Å². The molecule has 0 fully saturated rings. The van der Waals surface area contributed by atoms with Gasteiger partial charge in [0.1, 0.15) is 0 Å². The molecule has 20 heavy (non-hydrogen) atoms. The van der Waals surface area contributed by atoms with Crippen LogP contribution in [0.3, 0.4) is 0 Å². The maximum Gasteiger partial charge on any atom is 0.258 e. The molecule has 1 N–H and O–H groups in total. The fourth-order valence-corrected chi connectivity index (χ4v) is 2.45. The van der Waals surface area contributed by atoms with Crippen molar-refractivity contribution in [2.45, 2.75) is 19.8 Å². The Bertz CT molecular complexity index is 649. The van der Waals surface area contributed by atoms with E-state index >= 15 is 0 Å². The van der Waals surface area contributed by atoms with E-state index in [1.807, 2.05) is 13.8 Å². The van der Waals surface area contributed by atoms with E-state index in [0.29, 0.717) is 11.0 Å². The number of carbonyl (C=O) groups is 2. The Morgan fingerprint density at radius 3 is 2.45 bits per heavy atom. The van der Waals surface area contributed by atoms with Gasteiger partial charge in [-0.25, -0.2) is 4.98 Å². The van der Waals surface area contributed by atoms with Crippen molar-refractivity contribution in [3.63, 3.8) is 0 Å². The zero-order chi connectivity index (χ0) is 14.7. The van der Waals surface area contributed by atoms with Crippen molar-refractivity contribution in [3.05, 3.63) is 46.5 Å². The number of carboxylic acids is 1. The number of thiazole rings is 1. The third-order valence-electron chi connectivity index (χ3n) is 2.70. The van der Waals surface area contributed by atoms with E-state index in [1.165, 1.54) is 23.5 Å². The van der Waals surface area contributed by atoms with Crippen LogP contribution in [0.15, 0.2) is 30.5 Å². The van der Waals surface area contributed by atoms with E-state index in [2.05, 4.69) is 10.3 Å². The second-order valence-corrected chi connectivity index (χ2v) is 5.57. The highest BCUT2D eigenvalue weighted by Gasteiger charge is 2.14. The zero-order valence-electron chi connectivity index (χ0n) is 11.0. The number of rotatable bonds is 4. The molecule has 1 heterocycles. The summed E-state index contributed by atoms with van der Waals surface area (Å²) in [5.74, 6) is -1.55. The summed E-state index contributed by atoms with van der Waals surface area (Å²) in [6, 6.07) is 5.92. The van der Waals surface area contributed by atoms with Crippen LogP contribution in [0.5, 0.6) is 0 Å². The fraction of sp³-hybridized carbons (Fsp3) is 0.214. The molecule has 104 valence electrons. The van der Waals surface area contributed by atoms with Crippen LogP contribution in [-0.4, -0.2) is 16.9 Å². The van der Waals surface area contributed by atoms with Crippen molar-refractivity contribution in [3.8, 4) is 0 Å². The molecule has 0 aliphatic heterocycles. The van der Waals surface area contributed by atoms with Gasteiger partial charge < -0.3 is 9.90 Å². The Morgan fingerprint density at radius 2 is 1.90 bits per heavy atom. The Hall–Kier alpha value is -2.21. The number of aromatic nitrogens is 1. The van der Waals surface area contributed by atoms with Crippen LogP contribution >= 0.6 is 11.3 Å². The van der Waals surface area contributed by atoms with Crippen molar-refractivity contribution in [2.75, 3.05) is 5.32 Å². The van der Waals surface area contributed by atoms with E-state index < -0.39 is 11.9 Å². The second kappa shape index (κ2) is 5.83. The van der Waals surface area contributed by atoms with Gasteiger partial charge >= 0.3 is 0 Å². The summed E-state index contributed by atoms with van der Waals surface area (Å²) in [5, 5.41) is 14.0. The second-order valence-electron chi connectivity index (χ2n) is 4.51. The lowest BCUT2D eigenvalue weighted by atomic mass is 10.1. The number of hydrogen-bond acceptors (Lipinski definition) is 5. The van der Waals surface area contributed by atoms with E-state index in [0.717, 1.165) is 4.88 Å². The molecule has 0 aliphatic carbocycles. The SMILES string of the molecule is CC(C)c1cnc(NC(=O)c2ccccc2C(=O)[O-])s1. The number of nitrogens with zero attached hydrogens (tertiary/aromatic N) is 1. The Kier molecular flexibility index (Phi) is 4.14. The minimum absolute atomic E-state index is 0.0637. The molecule has 0 radical (unpaired) electrons. The number of carboxylic acid groups (broad SMARTS) is 1. The maximum atomic E-state index is 12.1. The first-order valence-electron chi connectivity index (χ1n) is 6.06. The number of nitrogens with one attached hydrogen (secondary N) is 1. The van der Waals surface area contributed by atoms with Crippen molar-refractivity contribution in [1.29, 1.82) is 0 Å². The van der Waals surface area contributed by atoms with Crippen molar-refractivity contribution >= 4 is 28.3 Å². The van der Waals surface area contributed by atoms with Gasteiger partial charge in [0.05, 0.1) is 5.97 Å². The standard InChI is InChI=1S/C14H14N2O3S/c1-8(2)11-7-15-14(20-11)16-12(17)9-5-3-4-6-10(9)13(18)19/h3-8H,1-2H3,(H,18,19)(H,15,16,17)/p-1. The van der Waals surface area contributed by atoms with Crippen LogP contribution < -0.4 is 10.4 Å². The summed E-state index contributed by atoms with van der Waals surface area (Å²) >= 11 is 1.37. The summed E-state index contributed by atoms with van der Waals surface area (Å²) in [6.45, 7) is 4.06. The van der Waals surface area contributed by atoms with E-state index in [1.54, 1.807) is 18.3 Å². The van der Waals surface area contributed by atoms with Gasteiger partial charge in [0.2, 0.25) is 0 Å². The van der Waals surface area contributed by atoms with Crippen LogP contribution in [-0.2, 0) is 0 Å². The topological polar surface area (TPSA) is 82.1 Å². The molecule has 0 bridgehead atoms. The third-order valence-corrected chi connectivity index (χ3v) is 3.92. The smallest absolute Gasteiger partial charge is 0.258 e. The van der Waals surface area contributed by atoms with Crippen LogP contribution in [0, 0.1) is 0 Å². The first-order valence-corrected chi connectivity index (χ1v) is 6.88. The highest BCUT2D eigenvalue weighted by atomic mass is 32.1. The average Bonchev–Trinajstić information content (AvgIpc) is 2.87. The monoisotopic (exact) mass is 289 g/mol. The molecule has 2 rings (SSSR count). The molecule has 1 amide bonds. The first-order chi connectivity index (χ1) is 9.49. The molecular formula is C14H13N2O3S-. The van der Waals surface area contributed by atoms with Gasteiger partial charge in [-0.05, 0) is 12.0 Å². The van der Waals surface area contributed by atoms with Gasteiger partial charge in [-0.15, -0.1) is 11.3 Å². The summed E-state index contributed by atoms with van der Waals surface area (Å²) in [7, 11) is 0. The van der Waals surface area contributed by atoms with Gasteiger partial charge in [0.25, 0.3) is 5.91 Å². The minimum atomic E-state index is -1.38. The molecule has 0 atom stereocenters. The Morgan fingerprint density at radius 1 is 1.25 bits per heavy atom. The average molecular weight is 289 g/mol. The van der Waals surface area contributed by atoms with Gasteiger partial charge in [-0.1, -0.05) is 32.0 Å². The Balaban J connectivity index is 2.22. The summed E-state index contributed by atoms with van der Waals surface area (Å²) in [6.07, 6.45) is 1.70. The first kappa shape index (κ1) is 14.2. The summed E-state index contributed by atoms with van der Waals surface area (Å²) < 4.78 is 0. The van der Waals surface area contributed by atoms with Crippen molar-refractivity contribution in [2.24, 2.45) is 0 Å². The lowest BCUT2D eigenvalue weighted by molar-refractivity contribution is -0.255. The predicted octanol–water partition coefficient (Wildman–Crippen LogP) is 1.88. The fourth-order valence-electron chi connectivity index (χ4n) is 1.63. The van der Waals surface area contributed by atoms with Crippen molar-refractivity contribution < 1.29 is 14.7 Å². The zero-order valence-corrected chi connectivity index (χ0v) is 11.9. The molecule has 0 spiro atoms. The molecule has 1 aromatic heterocycles. The number of anilines is 1. The molecule has 0 aliphatic rings. The van der Waals surface area contributed by atoms with Crippen LogP contribution in [0.25, 0.3) is 0 Å². The summed E-state index contributed by atoms with van der Waals surface area (Å²) in [5.41, 5.74) is -0.0700. The van der Waals surface area contributed by atoms with Gasteiger partial charge in [-0.3, -0.25) is 10.1 Å². The lowest BCUT2D eigenvalue weighted by Gasteiger charge is -2.09. The summed E-state index contributed by atoms with van der Waals surface area (Å²) in [4.78, 5) is 28.2.